The molecular weight excluding hydrogens is 464 g/mol. The summed E-state index contributed by atoms with van der Waals surface area (Å²) in [7, 11) is -4.14. The monoisotopic (exact) mass is 494 g/mol. The van der Waals surface area contributed by atoms with Crippen molar-refractivity contribution in [2.45, 2.75) is 49.1 Å². The summed E-state index contributed by atoms with van der Waals surface area (Å²) in [5, 5.41) is 2.99. The van der Waals surface area contributed by atoms with Gasteiger partial charge in [-0.05, 0) is 68.5 Å². The van der Waals surface area contributed by atoms with Gasteiger partial charge in [0, 0.05) is 37.2 Å². The Morgan fingerprint density at radius 1 is 1.17 bits per heavy atom. The molecule has 3 aromatic heterocycles. The maximum Gasteiger partial charge on any atom is 0.253 e. The number of anilines is 2. The van der Waals surface area contributed by atoms with Crippen molar-refractivity contribution in [2.24, 2.45) is 11.7 Å². The average molecular weight is 495 g/mol. The van der Waals surface area contributed by atoms with Crippen LogP contribution < -0.4 is 16.0 Å². The molecule has 1 atom stereocenters. The van der Waals surface area contributed by atoms with Gasteiger partial charge in [-0.25, -0.2) is 18.4 Å². The zero-order valence-corrected chi connectivity index (χ0v) is 20.9. The minimum atomic E-state index is -4.14. The highest BCUT2D eigenvalue weighted by molar-refractivity contribution is 7.91. The van der Waals surface area contributed by atoms with Crippen LogP contribution in [0.15, 0.2) is 64.9 Å². The van der Waals surface area contributed by atoms with E-state index in [1.165, 1.54) is 18.3 Å². The minimum absolute atomic E-state index is 0.104. The normalized spacial score (nSPS) is 17.3. The van der Waals surface area contributed by atoms with Crippen molar-refractivity contribution in [3.63, 3.8) is 0 Å². The number of carbonyl (C=O) groups is 1. The van der Waals surface area contributed by atoms with Crippen molar-refractivity contribution >= 4 is 27.4 Å². The second-order valence-electron chi connectivity index (χ2n) is 9.50. The van der Waals surface area contributed by atoms with Gasteiger partial charge >= 0.3 is 0 Å². The summed E-state index contributed by atoms with van der Waals surface area (Å²) in [4.78, 5) is 27.1. The predicted molar refractivity (Wildman–Crippen MR) is 134 cm³/mol. The van der Waals surface area contributed by atoms with E-state index in [2.05, 4.69) is 27.2 Å². The summed E-state index contributed by atoms with van der Waals surface area (Å²) in [6.45, 7) is 7.43. The van der Waals surface area contributed by atoms with E-state index in [4.69, 9.17) is 5.73 Å². The molecule has 4 rings (SSSR count). The van der Waals surface area contributed by atoms with E-state index in [0.29, 0.717) is 30.6 Å². The molecular formula is C25H30N6O3S. The lowest BCUT2D eigenvalue weighted by atomic mass is 9.97. The molecule has 1 aliphatic heterocycles. The highest BCUT2D eigenvalue weighted by Gasteiger charge is 2.40. The number of amides is 1. The fourth-order valence-corrected chi connectivity index (χ4v) is 6.12. The molecule has 9 nitrogen and oxygen atoms in total. The quantitative estimate of drug-likeness (QED) is 0.488. The molecule has 3 N–H and O–H groups in total. The summed E-state index contributed by atoms with van der Waals surface area (Å²) < 4.78 is 27.3. The molecule has 0 radical (unpaired) electrons. The van der Waals surface area contributed by atoms with Crippen molar-refractivity contribution in [3.8, 4) is 0 Å². The third-order valence-electron chi connectivity index (χ3n) is 6.23. The Morgan fingerprint density at radius 3 is 2.57 bits per heavy atom. The van der Waals surface area contributed by atoms with Crippen molar-refractivity contribution in [1.29, 1.82) is 0 Å². The van der Waals surface area contributed by atoms with Gasteiger partial charge in [0.1, 0.15) is 17.2 Å². The van der Waals surface area contributed by atoms with E-state index in [-0.39, 0.29) is 21.0 Å². The first-order valence-electron chi connectivity index (χ1n) is 11.5. The molecule has 0 aliphatic carbocycles. The molecule has 4 heterocycles. The van der Waals surface area contributed by atoms with Crippen LogP contribution in [0.3, 0.4) is 0 Å². The average Bonchev–Trinajstić information content (AvgIpc) is 3.11. The van der Waals surface area contributed by atoms with Gasteiger partial charge in [-0.1, -0.05) is 13.0 Å². The Bertz CT molecular complexity index is 1330. The number of rotatable bonds is 8. The van der Waals surface area contributed by atoms with Gasteiger partial charge in [-0.3, -0.25) is 9.78 Å². The molecule has 3 aromatic rings. The van der Waals surface area contributed by atoms with Crippen LogP contribution in [0.2, 0.25) is 0 Å². The Kier molecular flexibility index (Phi) is 6.75. The van der Waals surface area contributed by atoms with Crippen molar-refractivity contribution < 1.29 is 13.2 Å². The van der Waals surface area contributed by atoms with Gasteiger partial charge in [0.2, 0.25) is 9.84 Å². The van der Waals surface area contributed by atoms with Gasteiger partial charge in [0.25, 0.3) is 5.91 Å². The number of nitrogens with one attached hydrogen (secondary N) is 1. The number of sulfone groups is 1. The lowest BCUT2D eigenvalue weighted by molar-refractivity contribution is 0.0997. The van der Waals surface area contributed by atoms with Crippen LogP contribution in [-0.2, 0) is 16.3 Å². The molecule has 1 amide bonds. The van der Waals surface area contributed by atoms with E-state index >= 15 is 0 Å². The first kappa shape index (κ1) is 24.6. The van der Waals surface area contributed by atoms with Crippen LogP contribution >= 0.6 is 0 Å². The van der Waals surface area contributed by atoms with E-state index in [1.807, 2.05) is 30.9 Å². The number of aromatic nitrogens is 3. The fourth-order valence-electron chi connectivity index (χ4n) is 4.71. The number of hydrogen-bond donors (Lipinski definition) is 2. The van der Waals surface area contributed by atoms with E-state index in [9.17, 15) is 13.2 Å². The molecule has 1 saturated heterocycles. The first-order chi connectivity index (χ1) is 16.6. The molecule has 1 fully saturated rings. The molecule has 35 heavy (non-hydrogen) atoms. The van der Waals surface area contributed by atoms with Crippen LogP contribution in [0, 0.1) is 5.92 Å². The van der Waals surface area contributed by atoms with Crippen LogP contribution in [-0.4, -0.2) is 47.9 Å². The summed E-state index contributed by atoms with van der Waals surface area (Å²) in [6.07, 6.45) is 6.47. The van der Waals surface area contributed by atoms with Gasteiger partial charge in [-0.2, -0.15) is 0 Å². The van der Waals surface area contributed by atoms with Gasteiger partial charge < -0.3 is 16.0 Å². The predicted octanol–water partition coefficient (Wildman–Crippen LogP) is 3.08. The van der Waals surface area contributed by atoms with Crippen molar-refractivity contribution in [3.05, 3.63) is 66.1 Å². The molecule has 10 heteroatoms. The van der Waals surface area contributed by atoms with Gasteiger partial charge in [0.15, 0.2) is 5.03 Å². The van der Waals surface area contributed by atoms with Crippen LogP contribution in [0.25, 0.3) is 0 Å². The highest BCUT2D eigenvalue weighted by Crippen LogP contribution is 2.39. The summed E-state index contributed by atoms with van der Waals surface area (Å²) >= 11 is 0. The zero-order chi connectivity index (χ0) is 25.2. The first-order valence-corrected chi connectivity index (χ1v) is 13.0. The largest absolute Gasteiger partial charge is 0.370 e. The Labute approximate surface area is 205 Å². The van der Waals surface area contributed by atoms with Crippen LogP contribution in [0.5, 0.6) is 0 Å². The van der Waals surface area contributed by atoms with Crippen molar-refractivity contribution in [2.75, 3.05) is 23.3 Å². The molecule has 0 spiro atoms. The number of pyridine rings is 3. The molecule has 184 valence electrons. The number of nitrogens with two attached hydrogens (primary N) is 1. The molecule has 0 bridgehead atoms. The highest BCUT2D eigenvalue weighted by atomic mass is 32.2. The van der Waals surface area contributed by atoms with Crippen LogP contribution in [0.1, 0.15) is 43.1 Å². The number of nitrogens with zero attached hydrogens (tertiary/aromatic N) is 4. The van der Waals surface area contributed by atoms with Crippen LogP contribution in [0.4, 0.5) is 11.6 Å². The Morgan fingerprint density at radius 2 is 1.91 bits per heavy atom. The smallest absolute Gasteiger partial charge is 0.253 e. The second-order valence-corrected chi connectivity index (χ2v) is 11.4. The van der Waals surface area contributed by atoms with E-state index in [0.717, 1.165) is 18.4 Å². The topological polar surface area (TPSA) is 131 Å². The molecule has 1 aliphatic rings. The van der Waals surface area contributed by atoms with Gasteiger partial charge in [0.05, 0.1) is 4.90 Å². The zero-order valence-electron chi connectivity index (χ0n) is 20.1. The molecule has 0 saturated carbocycles. The lowest BCUT2D eigenvalue weighted by Crippen LogP contribution is -2.40. The summed E-state index contributed by atoms with van der Waals surface area (Å²) in [5.41, 5.74) is 6.43. The third-order valence-corrected chi connectivity index (χ3v) is 7.92. The van der Waals surface area contributed by atoms with Gasteiger partial charge in [-0.15, -0.1) is 0 Å². The number of hydrogen-bond acceptors (Lipinski definition) is 8. The van der Waals surface area contributed by atoms with E-state index < -0.39 is 15.7 Å². The second kappa shape index (κ2) is 9.61. The maximum absolute atomic E-state index is 13.6. The SMILES string of the molecule is CC1CN(c2nccc(S(=O)(=O)c3cccc(NCCc4ccncc4)n3)c2C(N)=O)C(C)(C)C1. The molecule has 0 aromatic carbocycles. The van der Waals surface area contributed by atoms with E-state index in [1.54, 1.807) is 24.5 Å². The van der Waals surface area contributed by atoms with Crippen molar-refractivity contribution in [1.82, 2.24) is 15.0 Å². The summed E-state index contributed by atoms with van der Waals surface area (Å²) in [5.74, 6) is 0.238. The number of primary amides is 1. The Hall–Kier alpha value is -3.53. The Balaban J connectivity index is 1.66. The minimum Gasteiger partial charge on any atom is -0.370 e. The third kappa shape index (κ3) is 5.12. The fraction of sp³-hybridized carbons (Fsp3) is 0.360. The number of carbonyl (C=O) groups excluding carboxylic acids is 1. The lowest BCUT2D eigenvalue weighted by Gasteiger charge is -2.33. The summed E-state index contributed by atoms with van der Waals surface area (Å²) in [6, 6.07) is 9.89. The standard InChI is InChI=1S/C25H30N6O3S/c1-17-15-25(2,3)31(16-17)24-22(23(26)32)19(10-14-29-24)35(33,34)21-6-4-5-20(30-21)28-13-9-18-7-11-27-12-8-18/h4-8,10-12,14,17H,9,13,15-16H2,1-3H3,(H2,26,32)(H,28,30). The molecule has 1 unspecified atom stereocenters. The maximum atomic E-state index is 13.6.